The van der Waals surface area contributed by atoms with Crippen LogP contribution in [0.1, 0.15) is 54.4 Å². The summed E-state index contributed by atoms with van der Waals surface area (Å²) in [7, 11) is 0. The summed E-state index contributed by atoms with van der Waals surface area (Å²) in [6, 6.07) is 9.80. The molecule has 2 aromatic carbocycles. The summed E-state index contributed by atoms with van der Waals surface area (Å²) in [4.78, 5) is 14.1. The van der Waals surface area contributed by atoms with E-state index < -0.39 is 17.7 Å². The standard InChI is InChI=1S/C23H21F5OS/c24-22(25)7-5-14(6-8-22)9-18(29)11-16-10-17(23(26,27)28)13-21-19(16)12-15-3-1-2-4-20(15)30-21/h1-4,10,13-14H,5-9,11-12H2. The Morgan fingerprint density at radius 2 is 1.77 bits per heavy atom. The van der Waals surface area contributed by atoms with Gasteiger partial charge in [-0.25, -0.2) is 8.78 Å². The molecule has 0 amide bonds. The zero-order valence-electron chi connectivity index (χ0n) is 16.2. The predicted octanol–water partition coefficient (Wildman–Crippen LogP) is 7.09. The summed E-state index contributed by atoms with van der Waals surface area (Å²) < 4.78 is 67.0. The lowest BCUT2D eigenvalue weighted by Gasteiger charge is -2.28. The zero-order chi connectivity index (χ0) is 21.5. The number of benzene rings is 2. The highest BCUT2D eigenvalue weighted by Gasteiger charge is 2.36. The van der Waals surface area contributed by atoms with Gasteiger partial charge in [-0.2, -0.15) is 13.2 Å². The third-order valence-corrected chi connectivity index (χ3v) is 7.13. The van der Waals surface area contributed by atoms with Gasteiger partial charge in [0.15, 0.2) is 0 Å². The highest BCUT2D eigenvalue weighted by atomic mass is 32.2. The molecule has 0 N–H and O–H groups in total. The van der Waals surface area contributed by atoms with Crippen molar-refractivity contribution < 1.29 is 26.7 Å². The summed E-state index contributed by atoms with van der Waals surface area (Å²) in [5.74, 6) is -2.96. The van der Waals surface area contributed by atoms with Crippen molar-refractivity contribution in [2.45, 2.75) is 66.8 Å². The lowest BCUT2D eigenvalue weighted by molar-refractivity contribution is -0.137. The maximum Gasteiger partial charge on any atom is 0.416 e. The van der Waals surface area contributed by atoms with E-state index in [0.29, 0.717) is 16.9 Å². The molecule has 1 fully saturated rings. The van der Waals surface area contributed by atoms with Crippen molar-refractivity contribution in [1.82, 2.24) is 0 Å². The smallest absolute Gasteiger partial charge is 0.299 e. The van der Waals surface area contributed by atoms with Crippen molar-refractivity contribution in [3.63, 3.8) is 0 Å². The SMILES string of the molecule is O=C(Cc1cc(C(F)(F)F)cc2c1Cc1ccccc1S2)CC1CCC(F)(F)CC1. The average Bonchev–Trinajstić information content (AvgIpc) is 2.67. The molecule has 2 aliphatic rings. The van der Waals surface area contributed by atoms with Crippen LogP contribution in [0, 0.1) is 5.92 Å². The number of carbonyl (C=O) groups is 1. The van der Waals surface area contributed by atoms with Crippen LogP contribution in [-0.2, 0) is 23.8 Å². The molecule has 0 aromatic heterocycles. The maximum absolute atomic E-state index is 13.5. The van der Waals surface area contributed by atoms with Crippen LogP contribution in [0.5, 0.6) is 0 Å². The number of halogens is 5. The number of rotatable bonds is 4. The summed E-state index contributed by atoms with van der Waals surface area (Å²) >= 11 is 1.29. The number of carbonyl (C=O) groups excluding carboxylic acids is 1. The number of alkyl halides is 5. The first-order chi connectivity index (χ1) is 14.1. The second kappa shape index (κ2) is 7.98. The monoisotopic (exact) mass is 440 g/mol. The van der Waals surface area contributed by atoms with Gasteiger partial charge in [0.1, 0.15) is 5.78 Å². The third kappa shape index (κ3) is 4.71. The van der Waals surface area contributed by atoms with Crippen LogP contribution in [0.3, 0.4) is 0 Å². The Balaban J connectivity index is 1.57. The van der Waals surface area contributed by atoms with E-state index in [9.17, 15) is 26.7 Å². The van der Waals surface area contributed by atoms with Gasteiger partial charge in [-0.15, -0.1) is 0 Å². The largest absolute Gasteiger partial charge is 0.416 e. The van der Waals surface area contributed by atoms with Gasteiger partial charge in [0.25, 0.3) is 0 Å². The second-order valence-electron chi connectivity index (χ2n) is 8.22. The average molecular weight is 440 g/mol. The van der Waals surface area contributed by atoms with Crippen LogP contribution in [0.2, 0.25) is 0 Å². The van der Waals surface area contributed by atoms with E-state index in [-0.39, 0.29) is 50.2 Å². The van der Waals surface area contributed by atoms with Crippen molar-refractivity contribution in [2.24, 2.45) is 5.92 Å². The van der Waals surface area contributed by atoms with Crippen molar-refractivity contribution in [2.75, 3.05) is 0 Å². The summed E-state index contributed by atoms with van der Waals surface area (Å²) in [6.07, 6.45) is -3.86. The van der Waals surface area contributed by atoms with Gasteiger partial charge in [-0.3, -0.25) is 4.79 Å². The minimum Gasteiger partial charge on any atom is -0.299 e. The first-order valence-corrected chi connectivity index (χ1v) is 10.8. The summed E-state index contributed by atoms with van der Waals surface area (Å²) in [5, 5.41) is 0. The summed E-state index contributed by atoms with van der Waals surface area (Å²) in [5.41, 5.74) is 1.43. The fourth-order valence-electron chi connectivity index (χ4n) is 4.29. The Morgan fingerprint density at radius 1 is 1.07 bits per heavy atom. The van der Waals surface area contributed by atoms with E-state index in [0.717, 1.165) is 28.2 Å². The van der Waals surface area contributed by atoms with Crippen molar-refractivity contribution in [3.8, 4) is 0 Å². The van der Waals surface area contributed by atoms with Crippen LogP contribution >= 0.6 is 11.8 Å². The van der Waals surface area contributed by atoms with Crippen molar-refractivity contribution >= 4 is 17.5 Å². The Bertz CT molecular complexity index is 957. The molecular weight excluding hydrogens is 419 g/mol. The molecule has 0 spiro atoms. The van der Waals surface area contributed by atoms with E-state index in [4.69, 9.17) is 0 Å². The molecule has 1 saturated carbocycles. The quantitative estimate of drug-likeness (QED) is 0.403. The molecule has 4 rings (SSSR count). The van der Waals surface area contributed by atoms with Crippen LogP contribution in [-0.4, -0.2) is 11.7 Å². The van der Waals surface area contributed by atoms with E-state index in [2.05, 4.69) is 0 Å². The fourth-order valence-corrected chi connectivity index (χ4v) is 5.45. The molecule has 0 atom stereocenters. The number of hydrogen-bond acceptors (Lipinski definition) is 2. The van der Waals surface area contributed by atoms with E-state index >= 15 is 0 Å². The normalized spacial score (nSPS) is 18.6. The molecule has 7 heteroatoms. The molecule has 1 aliphatic carbocycles. The van der Waals surface area contributed by atoms with Gasteiger partial charge >= 0.3 is 6.18 Å². The molecule has 1 nitrogen and oxygen atoms in total. The first kappa shape index (κ1) is 21.3. The van der Waals surface area contributed by atoms with Gasteiger partial charge in [0.2, 0.25) is 5.92 Å². The molecule has 0 saturated heterocycles. The van der Waals surface area contributed by atoms with Gasteiger partial charge in [-0.1, -0.05) is 30.0 Å². The predicted molar refractivity (Wildman–Crippen MR) is 105 cm³/mol. The van der Waals surface area contributed by atoms with Crippen molar-refractivity contribution in [3.05, 3.63) is 58.7 Å². The number of Topliss-reactive ketones (excluding diaryl/α,β-unsaturated/α-hetero) is 1. The number of hydrogen-bond donors (Lipinski definition) is 0. The minimum absolute atomic E-state index is 0.0954. The van der Waals surface area contributed by atoms with E-state index in [1.807, 2.05) is 24.3 Å². The Labute approximate surface area is 176 Å². The second-order valence-corrected chi connectivity index (χ2v) is 9.30. The topological polar surface area (TPSA) is 17.1 Å². The maximum atomic E-state index is 13.5. The van der Waals surface area contributed by atoms with Crippen LogP contribution in [0.4, 0.5) is 22.0 Å². The molecule has 1 heterocycles. The first-order valence-electron chi connectivity index (χ1n) is 9.99. The van der Waals surface area contributed by atoms with Gasteiger partial charge in [0, 0.05) is 35.5 Å². The fraction of sp³-hybridized carbons (Fsp3) is 0.435. The highest BCUT2D eigenvalue weighted by Crippen LogP contribution is 2.44. The van der Waals surface area contributed by atoms with Crippen LogP contribution in [0.25, 0.3) is 0 Å². The molecular formula is C23H21F5OS. The lowest BCUT2D eigenvalue weighted by atomic mass is 9.82. The molecule has 1 aliphatic heterocycles. The highest BCUT2D eigenvalue weighted by molar-refractivity contribution is 7.99. The van der Waals surface area contributed by atoms with Gasteiger partial charge < -0.3 is 0 Å². The van der Waals surface area contributed by atoms with E-state index in [1.165, 1.54) is 11.8 Å². The minimum atomic E-state index is -4.50. The number of fused-ring (bicyclic) bond motifs is 2. The molecule has 0 unspecified atom stereocenters. The van der Waals surface area contributed by atoms with Gasteiger partial charge in [-0.05, 0) is 60.1 Å². The van der Waals surface area contributed by atoms with Crippen LogP contribution < -0.4 is 0 Å². The summed E-state index contributed by atoms with van der Waals surface area (Å²) in [6.45, 7) is 0. The van der Waals surface area contributed by atoms with Crippen LogP contribution in [0.15, 0.2) is 46.2 Å². The van der Waals surface area contributed by atoms with E-state index in [1.54, 1.807) is 0 Å². The zero-order valence-corrected chi connectivity index (χ0v) is 17.0. The Hall–Kier alpha value is -1.89. The molecule has 160 valence electrons. The number of ketones is 1. The molecule has 2 aromatic rings. The van der Waals surface area contributed by atoms with Gasteiger partial charge in [0.05, 0.1) is 5.56 Å². The molecule has 0 radical (unpaired) electrons. The third-order valence-electron chi connectivity index (χ3n) is 5.93. The lowest BCUT2D eigenvalue weighted by Crippen LogP contribution is -2.26. The molecule has 0 bridgehead atoms. The Kier molecular flexibility index (Phi) is 5.68. The molecule has 30 heavy (non-hydrogen) atoms. The van der Waals surface area contributed by atoms with Crippen molar-refractivity contribution in [1.29, 1.82) is 0 Å². The Morgan fingerprint density at radius 3 is 2.47 bits per heavy atom.